The number of benzene rings is 1. The van der Waals surface area contributed by atoms with Crippen molar-refractivity contribution in [3.05, 3.63) is 29.3 Å². The first-order valence-corrected chi connectivity index (χ1v) is 8.46. The van der Waals surface area contributed by atoms with Crippen LogP contribution in [-0.4, -0.2) is 28.1 Å². The van der Waals surface area contributed by atoms with Crippen molar-refractivity contribution in [1.82, 2.24) is 10.0 Å². The first kappa shape index (κ1) is 15.8. The molecular weight excluding hydrogens is 296 g/mol. The molecule has 1 aliphatic heterocycles. The van der Waals surface area contributed by atoms with E-state index in [9.17, 15) is 8.42 Å². The van der Waals surface area contributed by atoms with Crippen LogP contribution in [0.5, 0.6) is 0 Å². The SMILES string of the molecule is Cl.O=S(=O)(NCC1CCNC1)c1ccc2c(c1)CCC2. The average Bonchev–Trinajstić information content (AvgIpc) is 3.06. The number of rotatable bonds is 4. The van der Waals surface area contributed by atoms with Crippen molar-refractivity contribution >= 4 is 22.4 Å². The fourth-order valence-electron chi connectivity index (χ4n) is 2.91. The lowest BCUT2D eigenvalue weighted by Gasteiger charge is -2.11. The van der Waals surface area contributed by atoms with Gasteiger partial charge in [-0.1, -0.05) is 6.07 Å². The third-order valence-corrected chi connectivity index (χ3v) is 5.53. The molecule has 0 bridgehead atoms. The maximum Gasteiger partial charge on any atom is 0.240 e. The smallest absolute Gasteiger partial charge is 0.240 e. The first-order chi connectivity index (χ1) is 9.15. The van der Waals surface area contributed by atoms with Crippen LogP contribution >= 0.6 is 12.4 Å². The zero-order valence-corrected chi connectivity index (χ0v) is 13.0. The van der Waals surface area contributed by atoms with Crippen LogP contribution in [0.3, 0.4) is 0 Å². The van der Waals surface area contributed by atoms with Crippen LogP contribution in [0.25, 0.3) is 0 Å². The van der Waals surface area contributed by atoms with E-state index in [0.717, 1.165) is 38.8 Å². The van der Waals surface area contributed by atoms with Crippen molar-refractivity contribution in [2.24, 2.45) is 5.92 Å². The van der Waals surface area contributed by atoms with Crippen LogP contribution in [0, 0.1) is 5.92 Å². The van der Waals surface area contributed by atoms with Crippen LogP contribution in [0.2, 0.25) is 0 Å². The number of hydrogen-bond acceptors (Lipinski definition) is 3. The second kappa shape index (κ2) is 6.43. The van der Waals surface area contributed by atoms with Crippen molar-refractivity contribution in [1.29, 1.82) is 0 Å². The monoisotopic (exact) mass is 316 g/mol. The van der Waals surface area contributed by atoms with Gasteiger partial charge in [0.15, 0.2) is 0 Å². The summed E-state index contributed by atoms with van der Waals surface area (Å²) in [5.41, 5.74) is 2.50. The Balaban J connectivity index is 0.00000147. The van der Waals surface area contributed by atoms with Gasteiger partial charge in [-0.05, 0) is 68.0 Å². The van der Waals surface area contributed by atoms with Crippen LogP contribution in [-0.2, 0) is 22.9 Å². The van der Waals surface area contributed by atoms with Gasteiger partial charge in [-0.25, -0.2) is 13.1 Å². The lowest BCUT2D eigenvalue weighted by Crippen LogP contribution is -2.30. The Morgan fingerprint density at radius 3 is 2.80 bits per heavy atom. The largest absolute Gasteiger partial charge is 0.316 e. The first-order valence-electron chi connectivity index (χ1n) is 6.97. The van der Waals surface area contributed by atoms with E-state index < -0.39 is 10.0 Å². The Bertz CT molecular complexity index is 569. The summed E-state index contributed by atoms with van der Waals surface area (Å²) in [5.74, 6) is 0.421. The molecule has 1 atom stereocenters. The van der Waals surface area contributed by atoms with Gasteiger partial charge in [-0.3, -0.25) is 0 Å². The maximum atomic E-state index is 12.3. The minimum Gasteiger partial charge on any atom is -0.316 e. The fraction of sp³-hybridized carbons (Fsp3) is 0.571. The highest BCUT2D eigenvalue weighted by Crippen LogP contribution is 2.24. The van der Waals surface area contributed by atoms with Crippen molar-refractivity contribution in [2.45, 2.75) is 30.6 Å². The lowest BCUT2D eigenvalue weighted by molar-refractivity contribution is 0.538. The molecule has 0 aromatic heterocycles. The highest BCUT2D eigenvalue weighted by molar-refractivity contribution is 7.89. The summed E-state index contributed by atoms with van der Waals surface area (Å²) in [6, 6.07) is 5.55. The van der Waals surface area contributed by atoms with E-state index in [2.05, 4.69) is 10.0 Å². The predicted octanol–water partition coefficient (Wildman–Crippen LogP) is 1.48. The van der Waals surface area contributed by atoms with E-state index >= 15 is 0 Å². The van der Waals surface area contributed by atoms with Gasteiger partial charge in [0.05, 0.1) is 4.90 Å². The average molecular weight is 317 g/mol. The molecule has 2 aliphatic rings. The Morgan fingerprint density at radius 1 is 1.25 bits per heavy atom. The summed E-state index contributed by atoms with van der Waals surface area (Å²) < 4.78 is 27.3. The second-order valence-electron chi connectivity index (χ2n) is 5.49. The molecule has 1 heterocycles. The van der Waals surface area contributed by atoms with Crippen LogP contribution < -0.4 is 10.0 Å². The Labute approximate surface area is 126 Å². The molecular formula is C14H21ClN2O2S. The third-order valence-electron chi connectivity index (χ3n) is 4.10. The standard InChI is InChI=1S/C14H20N2O2S.ClH/c17-19(18,16-10-11-6-7-15-9-11)14-5-4-12-2-1-3-13(12)8-14;/h4-5,8,11,15-16H,1-3,6-7,9-10H2;1H. The molecule has 0 amide bonds. The molecule has 2 N–H and O–H groups in total. The van der Waals surface area contributed by atoms with E-state index in [1.807, 2.05) is 12.1 Å². The number of nitrogens with one attached hydrogen (secondary N) is 2. The molecule has 1 unspecified atom stereocenters. The van der Waals surface area contributed by atoms with Gasteiger partial charge in [-0.2, -0.15) is 0 Å². The normalized spacial score (nSPS) is 21.5. The summed E-state index contributed by atoms with van der Waals surface area (Å²) in [5, 5.41) is 3.25. The van der Waals surface area contributed by atoms with E-state index in [0.29, 0.717) is 17.4 Å². The molecule has 4 nitrogen and oxygen atoms in total. The van der Waals surface area contributed by atoms with Crippen LogP contribution in [0.4, 0.5) is 0 Å². The summed E-state index contributed by atoms with van der Waals surface area (Å²) in [6.07, 6.45) is 4.27. The van der Waals surface area contributed by atoms with Crippen LogP contribution in [0.15, 0.2) is 23.1 Å². The molecule has 20 heavy (non-hydrogen) atoms. The minimum atomic E-state index is -3.35. The molecule has 0 radical (unpaired) electrons. The highest BCUT2D eigenvalue weighted by atomic mass is 35.5. The molecule has 1 aromatic carbocycles. The fourth-order valence-corrected chi connectivity index (χ4v) is 4.08. The lowest BCUT2D eigenvalue weighted by atomic mass is 10.1. The van der Waals surface area contributed by atoms with E-state index in [4.69, 9.17) is 0 Å². The minimum absolute atomic E-state index is 0. The summed E-state index contributed by atoms with van der Waals surface area (Å²) in [6.45, 7) is 2.43. The summed E-state index contributed by atoms with van der Waals surface area (Å²) in [7, 11) is -3.35. The highest BCUT2D eigenvalue weighted by Gasteiger charge is 2.21. The van der Waals surface area contributed by atoms with Gasteiger partial charge in [-0.15, -0.1) is 12.4 Å². The molecule has 1 fully saturated rings. The van der Waals surface area contributed by atoms with Crippen molar-refractivity contribution in [3.63, 3.8) is 0 Å². The van der Waals surface area contributed by atoms with Gasteiger partial charge >= 0.3 is 0 Å². The molecule has 112 valence electrons. The number of sulfonamides is 1. The van der Waals surface area contributed by atoms with E-state index in [1.165, 1.54) is 11.1 Å². The van der Waals surface area contributed by atoms with Crippen molar-refractivity contribution < 1.29 is 8.42 Å². The Kier molecular flexibility index (Phi) is 5.07. The molecule has 1 aliphatic carbocycles. The van der Waals surface area contributed by atoms with Gasteiger partial charge in [0.2, 0.25) is 10.0 Å². The predicted molar refractivity (Wildman–Crippen MR) is 81.9 cm³/mol. The third kappa shape index (κ3) is 3.34. The van der Waals surface area contributed by atoms with Gasteiger partial charge in [0, 0.05) is 6.54 Å². The summed E-state index contributed by atoms with van der Waals surface area (Å²) >= 11 is 0. The van der Waals surface area contributed by atoms with Crippen LogP contribution in [0.1, 0.15) is 24.0 Å². The Hall–Kier alpha value is -0.620. The van der Waals surface area contributed by atoms with E-state index in [-0.39, 0.29) is 12.4 Å². The number of aryl methyl sites for hydroxylation is 2. The second-order valence-corrected chi connectivity index (χ2v) is 7.26. The number of fused-ring (bicyclic) bond motifs is 1. The topological polar surface area (TPSA) is 58.2 Å². The molecule has 1 saturated heterocycles. The molecule has 0 spiro atoms. The molecule has 6 heteroatoms. The molecule has 1 aromatic rings. The van der Waals surface area contributed by atoms with E-state index in [1.54, 1.807) is 6.07 Å². The maximum absolute atomic E-state index is 12.3. The number of hydrogen-bond donors (Lipinski definition) is 2. The van der Waals surface area contributed by atoms with Crippen molar-refractivity contribution in [2.75, 3.05) is 19.6 Å². The zero-order valence-electron chi connectivity index (χ0n) is 11.4. The van der Waals surface area contributed by atoms with Crippen molar-refractivity contribution in [3.8, 4) is 0 Å². The molecule has 0 saturated carbocycles. The molecule has 3 rings (SSSR count). The zero-order chi connectivity index (χ0) is 13.3. The van der Waals surface area contributed by atoms with Gasteiger partial charge in [0.25, 0.3) is 0 Å². The Morgan fingerprint density at radius 2 is 2.05 bits per heavy atom. The van der Waals surface area contributed by atoms with Gasteiger partial charge < -0.3 is 5.32 Å². The quantitative estimate of drug-likeness (QED) is 0.885. The summed E-state index contributed by atoms with van der Waals surface area (Å²) in [4.78, 5) is 0.416. The van der Waals surface area contributed by atoms with Gasteiger partial charge in [0.1, 0.15) is 0 Å². The number of halogens is 1.